The van der Waals surface area contributed by atoms with E-state index in [1.54, 1.807) is 4.68 Å². The fourth-order valence-electron chi connectivity index (χ4n) is 1.84. The fourth-order valence-corrected chi connectivity index (χ4v) is 2.31. The Labute approximate surface area is 116 Å². The Kier molecular flexibility index (Phi) is 5.34. The molecule has 18 heavy (non-hydrogen) atoms. The first kappa shape index (κ1) is 15.2. The molecule has 0 fully saturated rings. The van der Waals surface area contributed by atoms with Crippen LogP contribution in [0.1, 0.15) is 31.7 Å². The molecular weight excluding hydrogens is 298 g/mol. The van der Waals surface area contributed by atoms with Crippen molar-refractivity contribution in [3.63, 3.8) is 0 Å². The summed E-state index contributed by atoms with van der Waals surface area (Å²) in [6.07, 6.45) is 0.918. The van der Waals surface area contributed by atoms with E-state index >= 15 is 0 Å². The molecule has 0 radical (unpaired) electrons. The van der Waals surface area contributed by atoms with Crippen molar-refractivity contribution in [1.82, 2.24) is 14.7 Å². The molecule has 0 aliphatic rings. The number of aryl methyl sites for hydroxylation is 2. The summed E-state index contributed by atoms with van der Waals surface area (Å²) in [5, 5.41) is 13.3. The summed E-state index contributed by atoms with van der Waals surface area (Å²) in [6.45, 7) is 6.66. The van der Waals surface area contributed by atoms with E-state index in [1.165, 1.54) is 0 Å². The molecule has 1 aromatic heterocycles. The highest BCUT2D eigenvalue weighted by Gasteiger charge is 2.20. The SMILES string of the molecule is CCC(C)N(CC(=O)O)Cc1c(Br)c(C)nn1C. The number of carbonyl (C=O) groups is 1. The van der Waals surface area contributed by atoms with Crippen LogP contribution in [0.15, 0.2) is 4.47 Å². The molecule has 5 nitrogen and oxygen atoms in total. The molecule has 0 spiro atoms. The molecule has 0 aromatic carbocycles. The van der Waals surface area contributed by atoms with Crippen LogP contribution < -0.4 is 0 Å². The number of carboxylic acids is 1. The van der Waals surface area contributed by atoms with Gasteiger partial charge in [0.1, 0.15) is 0 Å². The number of aliphatic carboxylic acids is 1. The van der Waals surface area contributed by atoms with Crippen molar-refractivity contribution in [3.05, 3.63) is 15.9 Å². The fraction of sp³-hybridized carbons (Fsp3) is 0.667. The lowest BCUT2D eigenvalue weighted by molar-refractivity contribution is -0.139. The zero-order valence-electron chi connectivity index (χ0n) is 11.3. The molecule has 0 amide bonds. The molecule has 0 saturated heterocycles. The van der Waals surface area contributed by atoms with Gasteiger partial charge in [0.2, 0.25) is 0 Å². The maximum atomic E-state index is 10.9. The van der Waals surface area contributed by atoms with Gasteiger partial charge in [0.05, 0.1) is 22.4 Å². The lowest BCUT2D eigenvalue weighted by atomic mass is 10.2. The molecule has 1 N–H and O–H groups in total. The van der Waals surface area contributed by atoms with Gasteiger partial charge in [0, 0.05) is 19.6 Å². The van der Waals surface area contributed by atoms with Gasteiger partial charge in [-0.3, -0.25) is 14.4 Å². The van der Waals surface area contributed by atoms with Gasteiger partial charge in [-0.05, 0) is 36.2 Å². The van der Waals surface area contributed by atoms with Gasteiger partial charge in [-0.1, -0.05) is 6.92 Å². The molecule has 102 valence electrons. The molecule has 1 heterocycles. The summed E-state index contributed by atoms with van der Waals surface area (Å²) in [5.74, 6) is -0.801. The molecular formula is C12H20BrN3O2. The highest BCUT2D eigenvalue weighted by Crippen LogP contribution is 2.22. The van der Waals surface area contributed by atoms with Crippen LogP contribution in [0, 0.1) is 6.92 Å². The summed E-state index contributed by atoms with van der Waals surface area (Å²) >= 11 is 3.51. The third-order valence-electron chi connectivity index (χ3n) is 3.17. The van der Waals surface area contributed by atoms with Crippen LogP contribution >= 0.6 is 15.9 Å². The van der Waals surface area contributed by atoms with Gasteiger partial charge >= 0.3 is 5.97 Å². The van der Waals surface area contributed by atoms with Crippen molar-refractivity contribution in [3.8, 4) is 0 Å². The maximum Gasteiger partial charge on any atom is 0.317 e. The number of nitrogens with zero attached hydrogens (tertiary/aromatic N) is 3. The van der Waals surface area contributed by atoms with Gasteiger partial charge in [0.25, 0.3) is 0 Å². The smallest absolute Gasteiger partial charge is 0.317 e. The van der Waals surface area contributed by atoms with E-state index in [9.17, 15) is 4.79 Å². The van der Waals surface area contributed by atoms with Crippen molar-refractivity contribution in [2.24, 2.45) is 7.05 Å². The standard InChI is InChI=1S/C12H20BrN3O2/c1-5-8(2)16(7-11(17)18)6-10-12(13)9(3)14-15(10)4/h8H,5-7H2,1-4H3,(H,17,18). The van der Waals surface area contributed by atoms with Crippen LogP contribution in [0.25, 0.3) is 0 Å². The van der Waals surface area contributed by atoms with E-state index in [-0.39, 0.29) is 12.6 Å². The van der Waals surface area contributed by atoms with Gasteiger partial charge in [0.15, 0.2) is 0 Å². The molecule has 1 rings (SSSR count). The van der Waals surface area contributed by atoms with E-state index < -0.39 is 5.97 Å². The topological polar surface area (TPSA) is 58.4 Å². The predicted molar refractivity (Wildman–Crippen MR) is 73.4 cm³/mol. The number of halogens is 1. The van der Waals surface area contributed by atoms with Crippen molar-refractivity contribution < 1.29 is 9.90 Å². The van der Waals surface area contributed by atoms with Gasteiger partial charge in [-0.2, -0.15) is 5.10 Å². The Hall–Kier alpha value is -0.880. The predicted octanol–water partition coefficient (Wildman–Crippen LogP) is 2.18. The average Bonchev–Trinajstić information content (AvgIpc) is 2.53. The number of aromatic nitrogens is 2. The molecule has 1 atom stereocenters. The molecule has 0 bridgehead atoms. The Morgan fingerprint density at radius 2 is 2.22 bits per heavy atom. The van der Waals surface area contributed by atoms with Crippen molar-refractivity contribution in [2.75, 3.05) is 6.54 Å². The zero-order chi connectivity index (χ0) is 13.9. The van der Waals surface area contributed by atoms with E-state index in [1.807, 2.05) is 25.8 Å². The van der Waals surface area contributed by atoms with E-state index in [2.05, 4.69) is 28.0 Å². The van der Waals surface area contributed by atoms with Crippen molar-refractivity contribution in [1.29, 1.82) is 0 Å². The molecule has 6 heteroatoms. The first-order valence-corrected chi connectivity index (χ1v) is 6.79. The monoisotopic (exact) mass is 317 g/mol. The minimum absolute atomic E-state index is 0.0473. The maximum absolute atomic E-state index is 10.9. The van der Waals surface area contributed by atoms with Crippen molar-refractivity contribution >= 4 is 21.9 Å². The second-order valence-corrected chi connectivity index (χ2v) is 5.32. The number of carboxylic acid groups (broad SMARTS) is 1. The normalized spacial score (nSPS) is 13.0. The minimum Gasteiger partial charge on any atom is -0.480 e. The molecule has 0 aliphatic heterocycles. The minimum atomic E-state index is -0.801. The van der Waals surface area contributed by atoms with Crippen LogP contribution in [0.3, 0.4) is 0 Å². The number of hydrogen-bond donors (Lipinski definition) is 1. The lowest BCUT2D eigenvalue weighted by Crippen LogP contribution is -2.37. The lowest BCUT2D eigenvalue weighted by Gasteiger charge is -2.26. The van der Waals surface area contributed by atoms with Gasteiger partial charge in [-0.25, -0.2) is 0 Å². The van der Waals surface area contributed by atoms with E-state index in [0.29, 0.717) is 6.54 Å². The summed E-state index contributed by atoms with van der Waals surface area (Å²) in [4.78, 5) is 12.9. The highest BCUT2D eigenvalue weighted by molar-refractivity contribution is 9.10. The highest BCUT2D eigenvalue weighted by atomic mass is 79.9. The third kappa shape index (κ3) is 3.55. The van der Waals surface area contributed by atoms with E-state index in [4.69, 9.17) is 5.11 Å². The number of hydrogen-bond acceptors (Lipinski definition) is 3. The van der Waals surface area contributed by atoms with Crippen molar-refractivity contribution in [2.45, 2.75) is 39.8 Å². The van der Waals surface area contributed by atoms with Gasteiger partial charge < -0.3 is 5.11 Å². The summed E-state index contributed by atoms with van der Waals surface area (Å²) in [5.41, 5.74) is 1.93. The first-order valence-electron chi connectivity index (χ1n) is 6.00. The Balaban J connectivity index is 2.91. The quantitative estimate of drug-likeness (QED) is 0.873. The van der Waals surface area contributed by atoms with E-state index in [0.717, 1.165) is 22.3 Å². The summed E-state index contributed by atoms with van der Waals surface area (Å²) in [6, 6.07) is 0.225. The third-order valence-corrected chi connectivity index (χ3v) is 4.20. The second-order valence-electron chi connectivity index (χ2n) is 4.53. The van der Waals surface area contributed by atoms with Crippen LogP contribution in [0.5, 0.6) is 0 Å². The Morgan fingerprint density at radius 1 is 1.61 bits per heavy atom. The molecule has 1 unspecified atom stereocenters. The molecule has 0 aliphatic carbocycles. The Bertz CT molecular complexity index is 431. The molecule has 0 saturated carbocycles. The average molecular weight is 318 g/mol. The van der Waals surface area contributed by atoms with Crippen LogP contribution in [0.4, 0.5) is 0 Å². The number of rotatable bonds is 6. The van der Waals surface area contributed by atoms with Crippen LogP contribution in [-0.4, -0.2) is 38.3 Å². The summed E-state index contributed by atoms with van der Waals surface area (Å²) in [7, 11) is 1.88. The van der Waals surface area contributed by atoms with Crippen LogP contribution in [0.2, 0.25) is 0 Å². The van der Waals surface area contributed by atoms with Gasteiger partial charge in [-0.15, -0.1) is 0 Å². The largest absolute Gasteiger partial charge is 0.480 e. The Morgan fingerprint density at radius 3 is 2.61 bits per heavy atom. The van der Waals surface area contributed by atoms with Crippen LogP contribution in [-0.2, 0) is 18.4 Å². The summed E-state index contributed by atoms with van der Waals surface area (Å²) < 4.78 is 2.76. The molecule has 1 aromatic rings. The first-order chi connectivity index (χ1) is 8.36. The second kappa shape index (κ2) is 6.33. The zero-order valence-corrected chi connectivity index (χ0v) is 12.9.